The highest BCUT2D eigenvalue weighted by molar-refractivity contribution is 7.39. The molecule has 2 N–H and O–H groups in total. The summed E-state index contributed by atoms with van der Waals surface area (Å²) in [5.74, 6) is 0.798. The first-order valence-electron chi connectivity index (χ1n) is 6.66. The summed E-state index contributed by atoms with van der Waals surface area (Å²) in [7, 11) is 0. The van der Waals surface area contributed by atoms with E-state index in [4.69, 9.17) is 0 Å². The molecule has 0 aliphatic carbocycles. The van der Waals surface area contributed by atoms with Crippen LogP contribution in [0.3, 0.4) is 0 Å². The van der Waals surface area contributed by atoms with Crippen LogP contribution in [-0.4, -0.2) is 24.0 Å². The third-order valence-corrected chi connectivity index (χ3v) is 5.52. The van der Waals surface area contributed by atoms with Crippen molar-refractivity contribution in [1.82, 2.24) is 10.3 Å². The van der Waals surface area contributed by atoms with Gasteiger partial charge in [-0.15, -0.1) is 23.7 Å². The summed E-state index contributed by atoms with van der Waals surface area (Å²) in [4.78, 5) is 16.3. The van der Waals surface area contributed by atoms with Gasteiger partial charge < -0.3 is 10.6 Å². The standard InChI is InChI=1S/C13H17N3OS2.ClH/c17-11(2-1-9-3-6-14-7-4-9)16-13-15-10-5-8-18-12(10)19-13;/h5,8-9,14H,1-4,6-7H2,(H,15,16,17);1H. The van der Waals surface area contributed by atoms with Crippen molar-refractivity contribution >= 4 is 55.6 Å². The number of aromatic nitrogens is 1. The molecular weight excluding hydrogens is 314 g/mol. The maximum absolute atomic E-state index is 11.9. The molecule has 0 saturated carbocycles. The minimum atomic E-state index is 0. The van der Waals surface area contributed by atoms with Gasteiger partial charge in [0.05, 0.1) is 5.52 Å². The first kappa shape index (κ1) is 15.7. The van der Waals surface area contributed by atoms with E-state index < -0.39 is 0 Å². The zero-order chi connectivity index (χ0) is 13.1. The fourth-order valence-corrected chi connectivity index (χ4v) is 4.26. The van der Waals surface area contributed by atoms with E-state index in [9.17, 15) is 4.79 Å². The van der Waals surface area contributed by atoms with Crippen LogP contribution in [0, 0.1) is 5.92 Å². The molecule has 0 spiro atoms. The Morgan fingerprint density at radius 2 is 2.25 bits per heavy atom. The number of thiazole rings is 1. The van der Waals surface area contributed by atoms with Gasteiger partial charge in [-0.1, -0.05) is 11.3 Å². The molecule has 0 aromatic carbocycles. The van der Waals surface area contributed by atoms with E-state index in [-0.39, 0.29) is 18.3 Å². The molecule has 0 bridgehead atoms. The lowest BCUT2D eigenvalue weighted by atomic mass is 9.93. The quantitative estimate of drug-likeness (QED) is 0.901. The van der Waals surface area contributed by atoms with Crippen LogP contribution in [0.25, 0.3) is 9.53 Å². The zero-order valence-electron chi connectivity index (χ0n) is 11.1. The van der Waals surface area contributed by atoms with E-state index in [1.54, 1.807) is 22.7 Å². The third kappa shape index (κ3) is 3.91. The van der Waals surface area contributed by atoms with Crippen molar-refractivity contribution in [2.24, 2.45) is 5.92 Å². The number of amides is 1. The average Bonchev–Trinajstić information content (AvgIpc) is 2.98. The molecule has 1 fully saturated rings. The van der Waals surface area contributed by atoms with Crippen LogP contribution in [0.2, 0.25) is 0 Å². The summed E-state index contributed by atoms with van der Waals surface area (Å²) >= 11 is 3.23. The van der Waals surface area contributed by atoms with Crippen LogP contribution in [0.4, 0.5) is 5.13 Å². The number of thiophene rings is 1. The highest BCUT2D eigenvalue weighted by Crippen LogP contribution is 2.30. The largest absolute Gasteiger partial charge is 0.317 e. The van der Waals surface area contributed by atoms with Gasteiger partial charge >= 0.3 is 0 Å². The summed E-state index contributed by atoms with van der Waals surface area (Å²) in [6, 6.07) is 1.99. The molecule has 0 unspecified atom stereocenters. The zero-order valence-corrected chi connectivity index (χ0v) is 13.5. The molecule has 2 aromatic heterocycles. The van der Waals surface area contributed by atoms with Gasteiger partial charge in [0.25, 0.3) is 0 Å². The van der Waals surface area contributed by atoms with Crippen LogP contribution >= 0.6 is 35.1 Å². The van der Waals surface area contributed by atoms with Crippen molar-refractivity contribution in [3.8, 4) is 0 Å². The van der Waals surface area contributed by atoms with Crippen molar-refractivity contribution in [1.29, 1.82) is 0 Å². The molecule has 1 aliphatic heterocycles. The van der Waals surface area contributed by atoms with E-state index in [2.05, 4.69) is 15.6 Å². The summed E-state index contributed by atoms with van der Waals surface area (Å²) < 4.78 is 1.17. The molecule has 0 radical (unpaired) electrons. The number of hydrogen-bond acceptors (Lipinski definition) is 5. The molecule has 7 heteroatoms. The molecule has 1 aliphatic rings. The number of nitrogens with zero attached hydrogens (tertiary/aromatic N) is 1. The topological polar surface area (TPSA) is 54.0 Å². The maximum Gasteiger partial charge on any atom is 0.226 e. The second kappa shape index (κ2) is 7.36. The van der Waals surface area contributed by atoms with E-state index in [0.29, 0.717) is 12.3 Å². The monoisotopic (exact) mass is 331 g/mol. The number of nitrogens with one attached hydrogen (secondary N) is 2. The molecule has 0 atom stereocenters. The normalized spacial score (nSPS) is 16.0. The summed E-state index contributed by atoms with van der Waals surface area (Å²) in [6.45, 7) is 2.18. The van der Waals surface area contributed by atoms with E-state index in [0.717, 1.165) is 30.2 Å². The fourth-order valence-electron chi connectivity index (χ4n) is 2.41. The van der Waals surface area contributed by atoms with Crippen molar-refractivity contribution in [2.45, 2.75) is 25.7 Å². The van der Waals surface area contributed by atoms with Gasteiger partial charge in [-0.2, -0.15) is 0 Å². The second-order valence-corrected chi connectivity index (χ2v) is 7.07. The number of hydrogen-bond donors (Lipinski definition) is 2. The van der Waals surface area contributed by atoms with E-state index in [1.807, 2.05) is 11.4 Å². The Morgan fingerprint density at radius 1 is 1.45 bits per heavy atom. The van der Waals surface area contributed by atoms with Crippen LogP contribution in [0.15, 0.2) is 11.4 Å². The van der Waals surface area contributed by atoms with Gasteiger partial charge in [0, 0.05) is 6.42 Å². The Morgan fingerprint density at radius 3 is 3.00 bits per heavy atom. The Hall–Kier alpha value is -0.690. The molecule has 3 rings (SSSR count). The van der Waals surface area contributed by atoms with Gasteiger partial charge in [0.1, 0.15) is 4.01 Å². The third-order valence-electron chi connectivity index (χ3n) is 3.51. The lowest BCUT2D eigenvalue weighted by molar-refractivity contribution is -0.116. The fraction of sp³-hybridized carbons (Fsp3) is 0.538. The molecule has 110 valence electrons. The van der Waals surface area contributed by atoms with Crippen LogP contribution < -0.4 is 10.6 Å². The molecule has 4 nitrogen and oxygen atoms in total. The number of carbonyl (C=O) groups is 1. The predicted molar refractivity (Wildman–Crippen MR) is 88.2 cm³/mol. The Kier molecular flexibility index (Phi) is 5.77. The predicted octanol–water partition coefficient (Wildman–Crippen LogP) is 3.50. The molecule has 20 heavy (non-hydrogen) atoms. The number of piperidine rings is 1. The molecular formula is C13H18ClN3OS2. The first-order chi connectivity index (χ1) is 9.31. The number of anilines is 1. The lowest BCUT2D eigenvalue weighted by Gasteiger charge is -2.21. The van der Waals surface area contributed by atoms with Gasteiger partial charge in [-0.05, 0) is 49.7 Å². The molecule has 1 amide bonds. The van der Waals surface area contributed by atoms with Gasteiger partial charge in [-0.3, -0.25) is 4.79 Å². The lowest BCUT2D eigenvalue weighted by Crippen LogP contribution is -2.28. The van der Waals surface area contributed by atoms with Gasteiger partial charge in [0.15, 0.2) is 5.13 Å². The van der Waals surface area contributed by atoms with E-state index in [1.165, 1.54) is 16.9 Å². The average molecular weight is 332 g/mol. The van der Waals surface area contributed by atoms with Crippen LogP contribution in [0.5, 0.6) is 0 Å². The van der Waals surface area contributed by atoms with Crippen molar-refractivity contribution in [3.63, 3.8) is 0 Å². The van der Waals surface area contributed by atoms with Crippen molar-refractivity contribution in [3.05, 3.63) is 11.4 Å². The smallest absolute Gasteiger partial charge is 0.226 e. The number of rotatable bonds is 4. The van der Waals surface area contributed by atoms with Gasteiger partial charge in [-0.25, -0.2) is 4.98 Å². The Bertz CT molecular complexity index is 534. The van der Waals surface area contributed by atoms with E-state index >= 15 is 0 Å². The Balaban J connectivity index is 0.00000147. The van der Waals surface area contributed by atoms with Crippen LogP contribution in [-0.2, 0) is 4.79 Å². The van der Waals surface area contributed by atoms with Gasteiger partial charge in [0.2, 0.25) is 5.91 Å². The van der Waals surface area contributed by atoms with Crippen molar-refractivity contribution < 1.29 is 4.79 Å². The Labute approximate surface area is 132 Å². The second-order valence-electron chi connectivity index (χ2n) is 4.89. The minimum Gasteiger partial charge on any atom is -0.317 e. The summed E-state index contributed by atoms with van der Waals surface area (Å²) in [6.07, 6.45) is 3.99. The highest BCUT2D eigenvalue weighted by atomic mass is 35.5. The minimum absolute atomic E-state index is 0. The number of halogens is 1. The first-order valence-corrected chi connectivity index (χ1v) is 8.35. The highest BCUT2D eigenvalue weighted by Gasteiger charge is 2.15. The van der Waals surface area contributed by atoms with Crippen molar-refractivity contribution in [2.75, 3.05) is 18.4 Å². The maximum atomic E-state index is 11.9. The van der Waals surface area contributed by atoms with Crippen LogP contribution in [0.1, 0.15) is 25.7 Å². The molecule has 2 aromatic rings. The molecule has 1 saturated heterocycles. The molecule has 3 heterocycles. The summed E-state index contributed by atoms with van der Waals surface area (Å²) in [5, 5.41) is 9.02. The number of fused-ring (bicyclic) bond motifs is 1. The SMILES string of the molecule is Cl.O=C(CCC1CCNCC1)Nc1nc2ccsc2s1. The number of carbonyl (C=O) groups excluding carboxylic acids is 1. The summed E-state index contributed by atoms with van der Waals surface area (Å²) in [5.41, 5.74) is 0.989.